The number of aryl methyl sites for hydroxylation is 1. The molecule has 2 aromatic carbocycles. The Balaban J connectivity index is 1.60. The summed E-state index contributed by atoms with van der Waals surface area (Å²) in [5.74, 6) is 0.785. The monoisotopic (exact) mass is 395 g/mol. The third kappa shape index (κ3) is 3.41. The summed E-state index contributed by atoms with van der Waals surface area (Å²) in [6.45, 7) is 3.02. The van der Waals surface area contributed by atoms with E-state index in [4.69, 9.17) is 17.3 Å². The zero-order valence-corrected chi connectivity index (χ0v) is 16.4. The average Bonchev–Trinajstić information content (AvgIpc) is 3.32. The Morgan fingerprint density at radius 2 is 1.86 bits per heavy atom. The second kappa shape index (κ2) is 7.73. The number of carbonyl (C=O) groups is 1. The first-order valence-corrected chi connectivity index (χ1v) is 9.77. The van der Waals surface area contributed by atoms with Gasteiger partial charge in [0.05, 0.1) is 10.7 Å². The average molecular weight is 396 g/mol. The zero-order chi connectivity index (χ0) is 19.7. The van der Waals surface area contributed by atoms with Crippen LogP contribution in [-0.2, 0) is 6.42 Å². The number of benzene rings is 2. The van der Waals surface area contributed by atoms with Crippen molar-refractivity contribution < 1.29 is 4.79 Å². The lowest BCUT2D eigenvalue weighted by Crippen LogP contribution is -2.32. The number of halogens is 1. The molecule has 144 valence electrons. The van der Waals surface area contributed by atoms with Crippen LogP contribution < -0.4 is 5.73 Å². The SMILES string of the molecule is CCc1nc(C(=O)N2C[C@@H](N)[C@H](c3ccccc3)C2)nn1-c1ccccc1Cl. The molecule has 6 nitrogen and oxygen atoms in total. The van der Waals surface area contributed by atoms with Crippen molar-refractivity contribution in [2.75, 3.05) is 13.1 Å². The molecule has 1 saturated heterocycles. The highest BCUT2D eigenvalue weighted by atomic mass is 35.5. The number of para-hydroxylation sites is 1. The molecule has 7 heteroatoms. The third-order valence-corrected chi connectivity index (χ3v) is 5.46. The standard InChI is InChI=1S/C21H22ClN5O/c1-2-19-24-20(25-27(19)18-11-7-6-10-16(18)22)21(28)26-12-15(17(23)13-26)14-8-4-3-5-9-14/h3-11,15,17H,2,12-13,23H2,1H3/t15-,17+/m0/s1. The fourth-order valence-corrected chi connectivity index (χ4v) is 3.89. The largest absolute Gasteiger partial charge is 0.334 e. The van der Waals surface area contributed by atoms with Crippen LogP contribution in [0.1, 0.15) is 34.8 Å². The summed E-state index contributed by atoms with van der Waals surface area (Å²) in [6.07, 6.45) is 0.637. The van der Waals surface area contributed by atoms with Crippen LogP contribution >= 0.6 is 11.6 Å². The molecular weight excluding hydrogens is 374 g/mol. The van der Waals surface area contributed by atoms with Crippen LogP contribution in [-0.4, -0.2) is 44.7 Å². The van der Waals surface area contributed by atoms with E-state index in [1.54, 1.807) is 15.6 Å². The van der Waals surface area contributed by atoms with Crippen molar-refractivity contribution in [3.63, 3.8) is 0 Å². The molecule has 28 heavy (non-hydrogen) atoms. The Hall–Kier alpha value is -2.70. The second-order valence-electron chi connectivity index (χ2n) is 6.96. The van der Waals surface area contributed by atoms with E-state index in [2.05, 4.69) is 22.2 Å². The first kappa shape index (κ1) is 18.7. The van der Waals surface area contributed by atoms with E-state index >= 15 is 0 Å². The Labute approximate surface area is 168 Å². The number of aromatic nitrogens is 3. The minimum Gasteiger partial charge on any atom is -0.334 e. The molecule has 3 aromatic rings. The van der Waals surface area contributed by atoms with Crippen molar-refractivity contribution in [3.8, 4) is 5.69 Å². The van der Waals surface area contributed by atoms with Gasteiger partial charge in [-0.2, -0.15) is 0 Å². The molecule has 1 aliphatic heterocycles. The van der Waals surface area contributed by atoms with Crippen molar-refractivity contribution in [3.05, 3.63) is 76.8 Å². The van der Waals surface area contributed by atoms with Crippen molar-refractivity contribution in [1.29, 1.82) is 0 Å². The molecule has 1 aromatic heterocycles. The molecule has 0 aliphatic carbocycles. The van der Waals surface area contributed by atoms with Gasteiger partial charge in [-0.25, -0.2) is 9.67 Å². The summed E-state index contributed by atoms with van der Waals surface area (Å²) in [5, 5.41) is 5.03. The smallest absolute Gasteiger partial charge is 0.293 e. The molecule has 4 rings (SSSR count). The maximum absolute atomic E-state index is 13.1. The fourth-order valence-electron chi connectivity index (χ4n) is 3.67. The van der Waals surface area contributed by atoms with E-state index in [0.717, 1.165) is 5.56 Å². The lowest BCUT2D eigenvalue weighted by Gasteiger charge is -2.14. The first-order valence-electron chi connectivity index (χ1n) is 9.39. The van der Waals surface area contributed by atoms with E-state index in [1.807, 2.05) is 43.3 Å². The van der Waals surface area contributed by atoms with Gasteiger partial charge in [0.25, 0.3) is 5.91 Å². The van der Waals surface area contributed by atoms with Crippen LogP contribution in [0.4, 0.5) is 0 Å². The molecule has 0 saturated carbocycles. The number of hydrogen-bond acceptors (Lipinski definition) is 4. The maximum atomic E-state index is 13.1. The molecule has 2 atom stereocenters. The van der Waals surface area contributed by atoms with Crippen LogP contribution in [0.5, 0.6) is 0 Å². The predicted molar refractivity (Wildman–Crippen MR) is 109 cm³/mol. The lowest BCUT2D eigenvalue weighted by molar-refractivity contribution is 0.0777. The van der Waals surface area contributed by atoms with E-state index in [0.29, 0.717) is 36.0 Å². The quantitative estimate of drug-likeness (QED) is 0.736. The van der Waals surface area contributed by atoms with Crippen LogP contribution in [0.25, 0.3) is 5.69 Å². The van der Waals surface area contributed by atoms with Crippen LogP contribution in [0.15, 0.2) is 54.6 Å². The van der Waals surface area contributed by atoms with Crippen LogP contribution in [0.2, 0.25) is 5.02 Å². The minimum absolute atomic E-state index is 0.109. The van der Waals surface area contributed by atoms with Gasteiger partial charge in [-0.05, 0) is 17.7 Å². The molecule has 2 heterocycles. The van der Waals surface area contributed by atoms with Crippen LogP contribution in [0, 0.1) is 0 Å². The lowest BCUT2D eigenvalue weighted by atomic mass is 9.95. The van der Waals surface area contributed by atoms with Gasteiger partial charge in [-0.15, -0.1) is 5.10 Å². The van der Waals surface area contributed by atoms with Crippen molar-refractivity contribution in [1.82, 2.24) is 19.7 Å². The summed E-state index contributed by atoms with van der Waals surface area (Å²) >= 11 is 6.31. The Kier molecular flexibility index (Phi) is 5.15. The van der Waals surface area contributed by atoms with Gasteiger partial charge in [0.2, 0.25) is 5.82 Å². The summed E-state index contributed by atoms with van der Waals surface area (Å²) in [7, 11) is 0. The van der Waals surface area contributed by atoms with Crippen molar-refractivity contribution in [2.45, 2.75) is 25.3 Å². The molecule has 0 bridgehead atoms. The van der Waals surface area contributed by atoms with Gasteiger partial charge < -0.3 is 10.6 Å². The number of hydrogen-bond donors (Lipinski definition) is 1. The molecular formula is C21H22ClN5O. The second-order valence-corrected chi connectivity index (χ2v) is 7.37. The highest BCUT2D eigenvalue weighted by molar-refractivity contribution is 6.32. The maximum Gasteiger partial charge on any atom is 0.293 e. The molecule has 1 fully saturated rings. The molecule has 1 amide bonds. The summed E-state index contributed by atoms with van der Waals surface area (Å²) in [6, 6.07) is 17.4. The Morgan fingerprint density at radius 3 is 2.57 bits per heavy atom. The number of amides is 1. The van der Waals surface area contributed by atoms with Gasteiger partial charge in [-0.3, -0.25) is 4.79 Å². The zero-order valence-electron chi connectivity index (χ0n) is 15.6. The van der Waals surface area contributed by atoms with Gasteiger partial charge >= 0.3 is 0 Å². The van der Waals surface area contributed by atoms with Crippen LogP contribution in [0.3, 0.4) is 0 Å². The number of nitrogens with zero attached hydrogens (tertiary/aromatic N) is 4. The van der Waals surface area contributed by atoms with Gasteiger partial charge in [0.15, 0.2) is 0 Å². The van der Waals surface area contributed by atoms with Gasteiger partial charge in [0, 0.05) is 31.5 Å². The Morgan fingerprint density at radius 1 is 1.14 bits per heavy atom. The third-order valence-electron chi connectivity index (χ3n) is 5.14. The minimum atomic E-state index is -0.200. The van der Waals surface area contributed by atoms with E-state index < -0.39 is 0 Å². The molecule has 0 radical (unpaired) electrons. The number of carbonyl (C=O) groups excluding carboxylic acids is 1. The number of nitrogens with two attached hydrogens (primary N) is 1. The predicted octanol–water partition coefficient (Wildman–Crippen LogP) is 3.05. The summed E-state index contributed by atoms with van der Waals surface area (Å²) in [5.41, 5.74) is 8.20. The van der Waals surface area contributed by atoms with Crippen molar-refractivity contribution in [2.24, 2.45) is 5.73 Å². The summed E-state index contributed by atoms with van der Waals surface area (Å²) in [4.78, 5) is 19.3. The van der Waals surface area contributed by atoms with E-state index in [1.165, 1.54) is 0 Å². The van der Waals surface area contributed by atoms with E-state index in [-0.39, 0.29) is 23.7 Å². The molecule has 0 spiro atoms. The molecule has 1 aliphatic rings. The molecule has 2 N–H and O–H groups in total. The van der Waals surface area contributed by atoms with Gasteiger partial charge in [0.1, 0.15) is 5.82 Å². The topological polar surface area (TPSA) is 77.0 Å². The summed E-state index contributed by atoms with van der Waals surface area (Å²) < 4.78 is 1.65. The highest BCUT2D eigenvalue weighted by Crippen LogP contribution is 2.27. The highest BCUT2D eigenvalue weighted by Gasteiger charge is 2.35. The number of likely N-dealkylation sites (tertiary alicyclic amines) is 1. The Bertz CT molecular complexity index is 987. The van der Waals surface area contributed by atoms with Crippen molar-refractivity contribution >= 4 is 17.5 Å². The number of rotatable bonds is 4. The normalized spacial score (nSPS) is 19.2. The van der Waals surface area contributed by atoms with Gasteiger partial charge in [-0.1, -0.05) is 61.0 Å². The fraction of sp³-hybridized carbons (Fsp3) is 0.286. The molecule has 0 unspecified atom stereocenters. The first-order chi connectivity index (χ1) is 13.6. The van der Waals surface area contributed by atoms with E-state index in [9.17, 15) is 4.79 Å².